The minimum absolute atomic E-state index is 0.395. The van der Waals surface area contributed by atoms with E-state index in [4.69, 9.17) is 0 Å². The maximum atomic E-state index is 3.34. The Morgan fingerprint density at radius 1 is 1.18 bits per heavy atom. The molecule has 17 heavy (non-hydrogen) atoms. The van der Waals surface area contributed by atoms with Crippen molar-refractivity contribution in [2.45, 2.75) is 26.4 Å². The van der Waals surface area contributed by atoms with Gasteiger partial charge in [0.2, 0.25) is 0 Å². The smallest absolute Gasteiger partial charge is 0.0551 e. The summed E-state index contributed by atoms with van der Waals surface area (Å²) in [4.78, 5) is 0. The zero-order valence-electron chi connectivity index (χ0n) is 10.6. The van der Waals surface area contributed by atoms with Crippen molar-refractivity contribution in [3.8, 4) is 0 Å². The second-order valence-corrected chi connectivity index (χ2v) is 4.33. The van der Waals surface area contributed by atoms with Gasteiger partial charge in [-0.25, -0.2) is 0 Å². The van der Waals surface area contributed by atoms with Gasteiger partial charge in [-0.2, -0.15) is 0 Å². The van der Waals surface area contributed by atoms with E-state index in [9.17, 15) is 0 Å². The Balaban J connectivity index is 2.09. The largest absolute Gasteiger partial charge is 0.347 e. The van der Waals surface area contributed by atoms with Gasteiger partial charge in [-0.05, 0) is 30.7 Å². The lowest BCUT2D eigenvalue weighted by atomic mass is 10.1. The van der Waals surface area contributed by atoms with Gasteiger partial charge < -0.3 is 9.88 Å². The predicted molar refractivity (Wildman–Crippen MR) is 72.1 cm³/mol. The van der Waals surface area contributed by atoms with Gasteiger partial charge >= 0.3 is 0 Å². The molecule has 2 aromatic rings. The van der Waals surface area contributed by atoms with E-state index >= 15 is 0 Å². The van der Waals surface area contributed by atoms with Gasteiger partial charge in [0.05, 0.1) is 6.04 Å². The van der Waals surface area contributed by atoms with Gasteiger partial charge in [0.1, 0.15) is 0 Å². The fourth-order valence-electron chi connectivity index (χ4n) is 1.98. The van der Waals surface area contributed by atoms with Crippen molar-refractivity contribution >= 4 is 0 Å². The molecule has 0 spiro atoms. The standard InChI is InChI=1S/C15H20N2/c1-3-16-11-14-9-10-17(12-14)13(2)15-7-5-4-6-8-15/h4-10,12-13,16H,3,11H2,1-2H3/t13-/m1/s1. The Hall–Kier alpha value is -1.54. The highest BCUT2D eigenvalue weighted by molar-refractivity contribution is 5.21. The van der Waals surface area contributed by atoms with E-state index in [0.717, 1.165) is 13.1 Å². The van der Waals surface area contributed by atoms with Crippen molar-refractivity contribution < 1.29 is 0 Å². The molecular formula is C15H20N2. The molecular weight excluding hydrogens is 208 g/mol. The molecule has 0 unspecified atom stereocenters. The summed E-state index contributed by atoms with van der Waals surface area (Å²) >= 11 is 0. The molecule has 1 heterocycles. The Morgan fingerprint density at radius 2 is 1.94 bits per heavy atom. The van der Waals surface area contributed by atoms with E-state index in [1.54, 1.807) is 0 Å². The number of nitrogens with zero attached hydrogens (tertiary/aromatic N) is 1. The van der Waals surface area contributed by atoms with Crippen LogP contribution in [-0.4, -0.2) is 11.1 Å². The van der Waals surface area contributed by atoms with E-state index in [-0.39, 0.29) is 0 Å². The lowest BCUT2D eigenvalue weighted by Crippen LogP contribution is -2.11. The molecule has 0 bridgehead atoms. The molecule has 2 heteroatoms. The maximum absolute atomic E-state index is 3.34. The summed E-state index contributed by atoms with van der Waals surface area (Å²) in [6.07, 6.45) is 4.38. The van der Waals surface area contributed by atoms with Crippen molar-refractivity contribution in [2.24, 2.45) is 0 Å². The Kier molecular flexibility index (Phi) is 3.99. The molecule has 1 aromatic carbocycles. The van der Waals surface area contributed by atoms with Crippen molar-refractivity contribution in [3.63, 3.8) is 0 Å². The monoisotopic (exact) mass is 228 g/mol. The number of hydrogen-bond donors (Lipinski definition) is 1. The van der Waals surface area contributed by atoms with Crippen LogP contribution in [0.1, 0.15) is 31.0 Å². The summed E-state index contributed by atoms with van der Waals surface area (Å²) < 4.78 is 2.27. The zero-order valence-corrected chi connectivity index (χ0v) is 10.6. The van der Waals surface area contributed by atoms with E-state index in [1.807, 2.05) is 0 Å². The van der Waals surface area contributed by atoms with Crippen LogP contribution in [0, 0.1) is 0 Å². The van der Waals surface area contributed by atoms with Gasteiger partial charge in [0, 0.05) is 18.9 Å². The molecule has 1 aromatic heterocycles. The predicted octanol–water partition coefficient (Wildman–Crippen LogP) is 3.21. The molecule has 1 atom stereocenters. The van der Waals surface area contributed by atoms with Crippen LogP contribution in [0.15, 0.2) is 48.8 Å². The normalized spacial score (nSPS) is 12.6. The zero-order chi connectivity index (χ0) is 12.1. The third kappa shape index (κ3) is 2.98. The van der Waals surface area contributed by atoms with E-state index in [0.29, 0.717) is 6.04 Å². The Labute approximate surface area is 103 Å². The third-order valence-corrected chi connectivity index (χ3v) is 3.08. The minimum Gasteiger partial charge on any atom is -0.347 e. The number of rotatable bonds is 5. The van der Waals surface area contributed by atoms with Crippen molar-refractivity contribution in [2.75, 3.05) is 6.54 Å². The van der Waals surface area contributed by atoms with Crippen LogP contribution >= 0.6 is 0 Å². The molecule has 0 fully saturated rings. The molecule has 2 rings (SSSR count). The summed E-state index contributed by atoms with van der Waals surface area (Å²) in [5.74, 6) is 0. The van der Waals surface area contributed by atoms with Gasteiger partial charge in [0.25, 0.3) is 0 Å². The Bertz CT molecular complexity index is 445. The second kappa shape index (κ2) is 5.69. The molecule has 0 aliphatic heterocycles. The molecule has 0 aliphatic rings. The molecule has 0 amide bonds. The van der Waals surface area contributed by atoms with Crippen LogP contribution in [0.2, 0.25) is 0 Å². The first-order valence-corrected chi connectivity index (χ1v) is 6.23. The second-order valence-electron chi connectivity index (χ2n) is 4.33. The average molecular weight is 228 g/mol. The fourth-order valence-corrected chi connectivity index (χ4v) is 1.98. The van der Waals surface area contributed by atoms with E-state index in [1.165, 1.54) is 11.1 Å². The minimum atomic E-state index is 0.395. The molecule has 2 nitrogen and oxygen atoms in total. The van der Waals surface area contributed by atoms with Crippen molar-refractivity contribution in [1.29, 1.82) is 0 Å². The number of nitrogens with one attached hydrogen (secondary N) is 1. The first kappa shape index (κ1) is 11.9. The quantitative estimate of drug-likeness (QED) is 0.831. The van der Waals surface area contributed by atoms with Crippen LogP contribution < -0.4 is 5.32 Å². The molecule has 0 radical (unpaired) electrons. The SMILES string of the molecule is CCNCc1ccn([C@H](C)c2ccccc2)c1. The van der Waals surface area contributed by atoms with Crippen LogP contribution in [0.5, 0.6) is 0 Å². The fraction of sp³-hybridized carbons (Fsp3) is 0.333. The molecule has 1 N–H and O–H groups in total. The summed E-state index contributed by atoms with van der Waals surface area (Å²) in [6.45, 7) is 6.32. The van der Waals surface area contributed by atoms with Crippen LogP contribution in [0.4, 0.5) is 0 Å². The summed E-state index contributed by atoms with van der Waals surface area (Å²) in [6, 6.07) is 13.2. The number of aromatic nitrogens is 1. The molecule has 0 saturated carbocycles. The highest BCUT2D eigenvalue weighted by Crippen LogP contribution is 2.18. The summed E-state index contributed by atoms with van der Waals surface area (Å²) in [5.41, 5.74) is 2.69. The third-order valence-electron chi connectivity index (χ3n) is 3.08. The van der Waals surface area contributed by atoms with E-state index < -0.39 is 0 Å². The van der Waals surface area contributed by atoms with Crippen LogP contribution in [0.3, 0.4) is 0 Å². The summed E-state index contributed by atoms with van der Waals surface area (Å²) in [7, 11) is 0. The highest BCUT2D eigenvalue weighted by atomic mass is 15.0. The molecule has 0 saturated heterocycles. The van der Waals surface area contributed by atoms with Gasteiger partial charge in [-0.3, -0.25) is 0 Å². The first-order chi connectivity index (χ1) is 8.31. The number of benzene rings is 1. The van der Waals surface area contributed by atoms with Crippen LogP contribution in [0.25, 0.3) is 0 Å². The van der Waals surface area contributed by atoms with Crippen molar-refractivity contribution in [1.82, 2.24) is 9.88 Å². The first-order valence-electron chi connectivity index (χ1n) is 6.23. The van der Waals surface area contributed by atoms with Crippen LogP contribution in [-0.2, 0) is 6.54 Å². The Morgan fingerprint density at radius 3 is 2.65 bits per heavy atom. The average Bonchev–Trinajstić information content (AvgIpc) is 2.85. The van der Waals surface area contributed by atoms with E-state index in [2.05, 4.69) is 72.5 Å². The topological polar surface area (TPSA) is 17.0 Å². The lowest BCUT2D eigenvalue weighted by molar-refractivity contribution is 0.638. The molecule has 0 aliphatic carbocycles. The highest BCUT2D eigenvalue weighted by Gasteiger charge is 2.06. The van der Waals surface area contributed by atoms with Crippen molar-refractivity contribution in [3.05, 3.63) is 59.9 Å². The summed E-state index contributed by atoms with van der Waals surface area (Å²) in [5, 5.41) is 3.34. The lowest BCUT2D eigenvalue weighted by Gasteiger charge is -2.13. The van der Waals surface area contributed by atoms with Gasteiger partial charge in [0.15, 0.2) is 0 Å². The maximum Gasteiger partial charge on any atom is 0.0551 e. The van der Waals surface area contributed by atoms with Gasteiger partial charge in [-0.1, -0.05) is 37.3 Å². The van der Waals surface area contributed by atoms with Gasteiger partial charge in [-0.15, -0.1) is 0 Å². The molecule has 90 valence electrons. The number of hydrogen-bond acceptors (Lipinski definition) is 1.